The van der Waals surface area contributed by atoms with E-state index in [0.717, 1.165) is 11.6 Å². The molecule has 0 atom stereocenters. The molecule has 3 heteroatoms. The van der Waals surface area contributed by atoms with Crippen molar-refractivity contribution in [2.75, 3.05) is 6.54 Å². The van der Waals surface area contributed by atoms with Crippen LogP contribution in [0.3, 0.4) is 0 Å². The van der Waals surface area contributed by atoms with E-state index in [1.165, 1.54) is 42.6 Å². The number of halogens is 1. The van der Waals surface area contributed by atoms with Crippen LogP contribution in [0.1, 0.15) is 51.5 Å². The molecule has 0 aliphatic heterocycles. The third-order valence-electron chi connectivity index (χ3n) is 4.11. The van der Waals surface area contributed by atoms with Gasteiger partial charge in [0, 0.05) is 22.1 Å². The van der Waals surface area contributed by atoms with Crippen LogP contribution < -0.4 is 5.73 Å². The summed E-state index contributed by atoms with van der Waals surface area (Å²) in [4.78, 5) is 1.18. The van der Waals surface area contributed by atoms with E-state index in [9.17, 15) is 0 Å². The Kier molecular flexibility index (Phi) is 5.22. The zero-order chi connectivity index (χ0) is 13.9. The summed E-state index contributed by atoms with van der Waals surface area (Å²) in [5, 5.41) is 1.44. The van der Waals surface area contributed by atoms with Crippen LogP contribution in [-0.4, -0.2) is 11.8 Å². The highest BCUT2D eigenvalue weighted by atomic mass is 35.5. The summed E-state index contributed by atoms with van der Waals surface area (Å²) in [6.45, 7) is 5.12. The smallest absolute Gasteiger partial charge is 0.0544 e. The Balaban J connectivity index is 2.27. The molecule has 0 radical (unpaired) electrons. The molecule has 1 aromatic rings. The third kappa shape index (κ3) is 3.48. The topological polar surface area (TPSA) is 26.0 Å². The van der Waals surface area contributed by atoms with Gasteiger partial charge in [0.2, 0.25) is 0 Å². The zero-order valence-electron chi connectivity index (χ0n) is 11.9. The first-order valence-electron chi connectivity index (χ1n) is 7.24. The first kappa shape index (κ1) is 15.2. The van der Waals surface area contributed by atoms with Crippen molar-refractivity contribution in [2.24, 2.45) is 5.73 Å². The lowest BCUT2D eigenvalue weighted by molar-refractivity contribution is 0.300. The molecular formula is C16H24ClNS. The molecule has 0 aromatic heterocycles. The van der Waals surface area contributed by atoms with Crippen molar-refractivity contribution >= 4 is 23.4 Å². The van der Waals surface area contributed by atoms with Gasteiger partial charge in [0.1, 0.15) is 0 Å². The van der Waals surface area contributed by atoms with Crippen molar-refractivity contribution in [1.82, 2.24) is 0 Å². The molecule has 19 heavy (non-hydrogen) atoms. The monoisotopic (exact) mass is 297 g/mol. The maximum atomic E-state index is 6.45. The Morgan fingerprint density at radius 2 is 1.95 bits per heavy atom. The van der Waals surface area contributed by atoms with E-state index in [0.29, 0.717) is 5.25 Å². The molecule has 1 aliphatic rings. The van der Waals surface area contributed by atoms with E-state index in [4.69, 9.17) is 17.3 Å². The first-order valence-corrected chi connectivity index (χ1v) is 8.50. The third-order valence-corrected chi connectivity index (χ3v) is 5.61. The van der Waals surface area contributed by atoms with Crippen LogP contribution >= 0.6 is 23.4 Å². The van der Waals surface area contributed by atoms with Gasteiger partial charge >= 0.3 is 0 Å². The van der Waals surface area contributed by atoms with Crippen molar-refractivity contribution in [3.63, 3.8) is 0 Å². The van der Waals surface area contributed by atoms with Crippen LogP contribution in [0, 0.1) is 0 Å². The Labute approximate surface area is 126 Å². The summed E-state index contributed by atoms with van der Waals surface area (Å²) in [5.74, 6) is 0. The Morgan fingerprint density at radius 3 is 2.47 bits per heavy atom. The summed E-state index contributed by atoms with van der Waals surface area (Å²) < 4.78 is 0. The fourth-order valence-electron chi connectivity index (χ4n) is 3.02. The SMILES string of the molecule is CC(C)Sc1ccc(C2(CN)CCCCC2)cc1Cl. The lowest BCUT2D eigenvalue weighted by Crippen LogP contribution is -2.37. The molecule has 1 fully saturated rings. The number of hydrogen-bond acceptors (Lipinski definition) is 2. The van der Waals surface area contributed by atoms with Crippen molar-refractivity contribution in [3.8, 4) is 0 Å². The van der Waals surface area contributed by atoms with Crippen molar-refractivity contribution in [3.05, 3.63) is 28.8 Å². The Morgan fingerprint density at radius 1 is 1.26 bits per heavy atom. The molecule has 0 amide bonds. The second-order valence-corrected chi connectivity index (χ2v) is 7.88. The summed E-state index contributed by atoms with van der Waals surface area (Å²) in [6.07, 6.45) is 6.33. The molecule has 1 saturated carbocycles. The van der Waals surface area contributed by atoms with Crippen LogP contribution in [0.25, 0.3) is 0 Å². The summed E-state index contributed by atoms with van der Waals surface area (Å²) in [7, 11) is 0. The second kappa shape index (κ2) is 6.51. The van der Waals surface area contributed by atoms with Gasteiger partial charge in [-0.05, 0) is 30.5 Å². The average Bonchev–Trinajstić information content (AvgIpc) is 2.41. The zero-order valence-corrected chi connectivity index (χ0v) is 13.5. The van der Waals surface area contributed by atoms with Gasteiger partial charge in [-0.2, -0.15) is 0 Å². The number of rotatable bonds is 4. The maximum absolute atomic E-state index is 6.45. The normalized spacial score (nSPS) is 18.8. The van der Waals surface area contributed by atoms with Gasteiger partial charge < -0.3 is 5.73 Å². The van der Waals surface area contributed by atoms with Crippen molar-refractivity contribution in [1.29, 1.82) is 0 Å². The van der Waals surface area contributed by atoms with Crippen LogP contribution in [0.4, 0.5) is 0 Å². The van der Waals surface area contributed by atoms with Gasteiger partial charge in [-0.15, -0.1) is 11.8 Å². The van der Waals surface area contributed by atoms with Crippen LogP contribution in [-0.2, 0) is 5.41 Å². The largest absolute Gasteiger partial charge is 0.330 e. The van der Waals surface area contributed by atoms with E-state index in [1.54, 1.807) is 0 Å². The minimum Gasteiger partial charge on any atom is -0.330 e. The van der Waals surface area contributed by atoms with E-state index in [2.05, 4.69) is 32.0 Å². The maximum Gasteiger partial charge on any atom is 0.0544 e. The highest BCUT2D eigenvalue weighted by Crippen LogP contribution is 2.41. The molecule has 2 N–H and O–H groups in total. The highest BCUT2D eigenvalue weighted by molar-refractivity contribution is 8.00. The van der Waals surface area contributed by atoms with Gasteiger partial charge in [-0.25, -0.2) is 0 Å². The van der Waals surface area contributed by atoms with Gasteiger partial charge in [0.15, 0.2) is 0 Å². The lowest BCUT2D eigenvalue weighted by Gasteiger charge is -2.37. The molecule has 1 aromatic carbocycles. The number of benzene rings is 1. The molecule has 106 valence electrons. The molecule has 0 heterocycles. The van der Waals surface area contributed by atoms with E-state index in [-0.39, 0.29) is 5.41 Å². The van der Waals surface area contributed by atoms with Crippen LogP contribution in [0.15, 0.2) is 23.1 Å². The first-order chi connectivity index (χ1) is 9.07. The molecule has 0 spiro atoms. The molecule has 1 nitrogen and oxygen atoms in total. The van der Waals surface area contributed by atoms with Gasteiger partial charge in [0.25, 0.3) is 0 Å². The lowest BCUT2D eigenvalue weighted by atomic mass is 9.69. The predicted molar refractivity (Wildman–Crippen MR) is 86.3 cm³/mol. The Bertz CT molecular complexity index is 425. The predicted octanol–water partition coefficient (Wildman–Crippen LogP) is 5.00. The van der Waals surface area contributed by atoms with Gasteiger partial charge in [0.05, 0.1) is 5.02 Å². The minimum atomic E-state index is 0.170. The van der Waals surface area contributed by atoms with Gasteiger partial charge in [-0.1, -0.05) is 50.8 Å². The van der Waals surface area contributed by atoms with Crippen LogP contribution in [0.2, 0.25) is 5.02 Å². The summed E-state index contributed by atoms with van der Waals surface area (Å²) in [6, 6.07) is 6.58. The fraction of sp³-hybridized carbons (Fsp3) is 0.625. The van der Waals surface area contributed by atoms with Gasteiger partial charge in [-0.3, -0.25) is 0 Å². The van der Waals surface area contributed by atoms with Crippen molar-refractivity contribution in [2.45, 2.75) is 61.5 Å². The molecular weight excluding hydrogens is 274 g/mol. The number of thioether (sulfide) groups is 1. The highest BCUT2D eigenvalue weighted by Gasteiger charge is 2.32. The molecule has 0 unspecified atom stereocenters. The molecule has 0 bridgehead atoms. The molecule has 2 rings (SSSR count). The van der Waals surface area contributed by atoms with Crippen LogP contribution in [0.5, 0.6) is 0 Å². The quantitative estimate of drug-likeness (QED) is 0.791. The van der Waals surface area contributed by atoms with E-state index < -0.39 is 0 Å². The molecule has 1 aliphatic carbocycles. The van der Waals surface area contributed by atoms with E-state index in [1.807, 2.05) is 11.8 Å². The number of nitrogens with two attached hydrogens (primary N) is 1. The van der Waals surface area contributed by atoms with Crippen molar-refractivity contribution < 1.29 is 0 Å². The standard InChI is InChI=1S/C16H24ClNS/c1-12(2)19-15-7-6-13(10-14(15)17)16(11-18)8-4-3-5-9-16/h6-7,10,12H,3-5,8-9,11,18H2,1-2H3. The summed E-state index contributed by atoms with van der Waals surface area (Å²) >= 11 is 8.27. The Hall–Kier alpha value is -0.180. The molecule has 0 saturated heterocycles. The average molecular weight is 298 g/mol. The summed E-state index contributed by atoms with van der Waals surface area (Å²) in [5.41, 5.74) is 7.60. The number of hydrogen-bond donors (Lipinski definition) is 1. The van der Waals surface area contributed by atoms with E-state index >= 15 is 0 Å². The minimum absolute atomic E-state index is 0.170. The second-order valence-electron chi connectivity index (χ2n) is 5.86. The fourth-order valence-corrected chi connectivity index (χ4v) is 4.16.